The summed E-state index contributed by atoms with van der Waals surface area (Å²) in [6.07, 6.45) is 14.6. The van der Waals surface area contributed by atoms with E-state index in [0.717, 1.165) is 32.1 Å². The number of allylic oxidation sites excluding steroid dienone is 4. The number of fused-ring (bicyclic) bond motifs is 7. The SMILES string of the molecule is COC(=O)[C@@]1(C)CC[C@]2(C)CC[C@]3(C)C(=CC=C4[C@@]5(C)CC[C@H](O)C(C)(C)[C@@H]5CC[C@]43C)[C@@H]2C1. The van der Waals surface area contributed by atoms with E-state index in [1.54, 1.807) is 18.3 Å². The van der Waals surface area contributed by atoms with Crippen LogP contribution in [0.5, 0.6) is 0 Å². The molecule has 8 atom stereocenters. The number of esters is 1. The van der Waals surface area contributed by atoms with Crippen molar-refractivity contribution in [1.29, 1.82) is 0 Å². The molecule has 0 saturated heterocycles. The number of methoxy groups -OCH3 is 1. The molecule has 3 heteroatoms. The summed E-state index contributed by atoms with van der Waals surface area (Å²) in [6.45, 7) is 16.9. The Kier molecular flexibility index (Phi) is 5.23. The fraction of sp³-hybridized carbons (Fsp3) is 0.839. The average Bonchev–Trinajstić information content (AvgIpc) is 2.77. The van der Waals surface area contributed by atoms with Crippen LogP contribution in [0.25, 0.3) is 0 Å². The highest BCUT2D eigenvalue weighted by atomic mass is 16.5. The fourth-order valence-electron chi connectivity index (χ4n) is 10.1. The van der Waals surface area contributed by atoms with Crippen LogP contribution in [-0.2, 0) is 9.53 Å². The zero-order chi connectivity index (χ0) is 24.9. The van der Waals surface area contributed by atoms with Gasteiger partial charge in [0.15, 0.2) is 0 Å². The third-order valence-corrected chi connectivity index (χ3v) is 12.9. The molecule has 0 aromatic carbocycles. The molecule has 0 radical (unpaired) electrons. The minimum Gasteiger partial charge on any atom is -0.469 e. The molecule has 0 spiro atoms. The predicted octanol–water partition coefficient (Wildman–Crippen LogP) is 7.24. The number of hydrogen-bond donors (Lipinski definition) is 1. The molecular formula is C31H48O3. The molecule has 5 rings (SSSR count). The molecular weight excluding hydrogens is 420 g/mol. The van der Waals surface area contributed by atoms with E-state index in [0.29, 0.717) is 11.8 Å². The number of aliphatic hydroxyl groups is 1. The molecule has 190 valence electrons. The van der Waals surface area contributed by atoms with E-state index in [1.165, 1.54) is 25.7 Å². The Balaban J connectivity index is 1.61. The number of carbonyl (C=O) groups is 1. The van der Waals surface area contributed by atoms with Gasteiger partial charge in [-0.3, -0.25) is 4.79 Å². The number of carbonyl (C=O) groups excluding carboxylic acids is 1. The van der Waals surface area contributed by atoms with Gasteiger partial charge >= 0.3 is 5.97 Å². The normalized spacial score (nSPS) is 51.6. The van der Waals surface area contributed by atoms with E-state index in [4.69, 9.17) is 4.74 Å². The second kappa shape index (κ2) is 7.24. The molecule has 4 saturated carbocycles. The lowest BCUT2D eigenvalue weighted by Gasteiger charge is -2.68. The van der Waals surface area contributed by atoms with Gasteiger partial charge in [0.2, 0.25) is 0 Å². The summed E-state index contributed by atoms with van der Waals surface area (Å²) < 4.78 is 5.28. The molecule has 5 aliphatic carbocycles. The predicted molar refractivity (Wildman–Crippen MR) is 137 cm³/mol. The third-order valence-electron chi connectivity index (χ3n) is 12.9. The van der Waals surface area contributed by atoms with E-state index >= 15 is 0 Å². The van der Waals surface area contributed by atoms with Crippen LogP contribution in [0.1, 0.15) is 106 Å². The molecule has 0 bridgehead atoms. The summed E-state index contributed by atoms with van der Waals surface area (Å²) in [5, 5.41) is 10.9. The summed E-state index contributed by atoms with van der Waals surface area (Å²) in [5.41, 5.74) is 3.53. The lowest BCUT2D eigenvalue weighted by atomic mass is 9.36. The Morgan fingerprint density at radius 3 is 2.24 bits per heavy atom. The van der Waals surface area contributed by atoms with Crippen LogP contribution in [0.2, 0.25) is 0 Å². The van der Waals surface area contributed by atoms with Crippen molar-refractivity contribution in [3.8, 4) is 0 Å². The molecule has 3 nitrogen and oxygen atoms in total. The Labute approximate surface area is 207 Å². The zero-order valence-corrected chi connectivity index (χ0v) is 23.0. The Morgan fingerprint density at radius 2 is 1.56 bits per heavy atom. The first-order valence-electron chi connectivity index (χ1n) is 13.9. The molecule has 34 heavy (non-hydrogen) atoms. The average molecular weight is 469 g/mol. The van der Waals surface area contributed by atoms with E-state index < -0.39 is 0 Å². The van der Waals surface area contributed by atoms with Crippen molar-refractivity contribution in [3.63, 3.8) is 0 Å². The quantitative estimate of drug-likeness (QED) is 0.413. The van der Waals surface area contributed by atoms with Gasteiger partial charge in [0.05, 0.1) is 18.6 Å². The smallest absolute Gasteiger partial charge is 0.311 e. The Hall–Kier alpha value is -1.09. The first-order chi connectivity index (χ1) is 15.7. The Bertz CT molecular complexity index is 960. The maximum atomic E-state index is 12.8. The van der Waals surface area contributed by atoms with E-state index in [1.807, 2.05) is 0 Å². The Morgan fingerprint density at radius 1 is 0.882 bits per heavy atom. The van der Waals surface area contributed by atoms with Crippen molar-refractivity contribution >= 4 is 5.97 Å². The van der Waals surface area contributed by atoms with Gasteiger partial charge in [0.1, 0.15) is 0 Å². The molecule has 4 fully saturated rings. The largest absolute Gasteiger partial charge is 0.469 e. The lowest BCUT2D eigenvalue weighted by molar-refractivity contribution is -0.159. The van der Waals surface area contributed by atoms with Gasteiger partial charge in [-0.05, 0) is 104 Å². The van der Waals surface area contributed by atoms with Crippen LogP contribution in [0.3, 0.4) is 0 Å². The van der Waals surface area contributed by atoms with E-state index in [2.05, 4.69) is 60.6 Å². The highest BCUT2D eigenvalue weighted by molar-refractivity contribution is 5.76. The fourth-order valence-corrected chi connectivity index (χ4v) is 10.1. The van der Waals surface area contributed by atoms with Crippen molar-refractivity contribution in [2.45, 2.75) is 112 Å². The first kappa shape index (κ1) is 24.6. The van der Waals surface area contributed by atoms with Crippen molar-refractivity contribution < 1.29 is 14.6 Å². The molecule has 0 amide bonds. The second-order valence-electron chi connectivity index (χ2n) is 14.7. The number of hydrogen-bond acceptors (Lipinski definition) is 3. The number of rotatable bonds is 1. The van der Waals surface area contributed by atoms with Crippen molar-refractivity contribution in [3.05, 3.63) is 23.3 Å². The second-order valence-corrected chi connectivity index (χ2v) is 14.7. The highest BCUT2D eigenvalue weighted by Gasteiger charge is 2.66. The van der Waals surface area contributed by atoms with Crippen LogP contribution in [0.15, 0.2) is 23.3 Å². The summed E-state index contributed by atoms with van der Waals surface area (Å²) in [7, 11) is 1.55. The first-order valence-corrected chi connectivity index (χ1v) is 13.9. The number of ether oxygens (including phenoxy) is 1. The number of aliphatic hydroxyl groups excluding tert-OH is 1. The summed E-state index contributed by atoms with van der Waals surface area (Å²) >= 11 is 0. The van der Waals surface area contributed by atoms with Crippen LogP contribution < -0.4 is 0 Å². The molecule has 5 aliphatic rings. The summed E-state index contributed by atoms with van der Waals surface area (Å²) in [6, 6.07) is 0. The van der Waals surface area contributed by atoms with Gasteiger partial charge in [0.25, 0.3) is 0 Å². The van der Waals surface area contributed by atoms with Gasteiger partial charge in [-0.25, -0.2) is 0 Å². The summed E-state index contributed by atoms with van der Waals surface area (Å²) in [5.74, 6) is 0.929. The standard InChI is InChI=1S/C31H48O3/c1-26(2)22-11-14-31(7)23(29(22,5)13-12-24(26)32)10-9-20-21-19-28(4,25(33)34-8)16-15-27(21,3)17-18-30(20,31)6/h9-10,21-22,24,32H,11-19H2,1-8H3/t21-,22-,24-,27+,28-,29-,30+,31+/m0/s1. The lowest BCUT2D eigenvalue weighted by Crippen LogP contribution is -2.61. The van der Waals surface area contributed by atoms with Gasteiger partial charge in [-0.2, -0.15) is 0 Å². The topological polar surface area (TPSA) is 46.5 Å². The molecule has 0 aromatic heterocycles. The molecule has 0 unspecified atom stereocenters. The van der Waals surface area contributed by atoms with Crippen LogP contribution in [0, 0.1) is 44.3 Å². The highest BCUT2D eigenvalue weighted by Crippen LogP contribution is 2.74. The molecule has 0 heterocycles. The van der Waals surface area contributed by atoms with Crippen molar-refractivity contribution in [1.82, 2.24) is 0 Å². The van der Waals surface area contributed by atoms with Crippen molar-refractivity contribution in [2.24, 2.45) is 44.3 Å². The van der Waals surface area contributed by atoms with E-state index in [9.17, 15) is 9.90 Å². The van der Waals surface area contributed by atoms with Gasteiger partial charge in [-0.15, -0.1) is 0 Å². The van der Waals surface area contributed by atoms with Crippen LogP contribution in [-0.4, -0.2) is 24.3 Å². The maximum Gasteiger partial charge on any atom is 0.311 e. The van der Waals surface area contributed by atoms with E-state index in [-0.39, 0.29) is 44.6 Å². The summed E-state index contributed by atoms with van der Waals surface area (Å²) in [4.78, 5) is 12.8. The minimum atomic E-state index is -0.379. The molecule has 1 N–H and O–H groups in total. The van der Waals surface area contributed by atoms with Crippen LogP contribution >= 0.6 is 0 Å². The van der Waals surface area contributed by atoms with Gasteiger partial charge < -0.3 is 9.84 Å². The zero-order valence-electron chi connectivity index (χ0n) is 23.0. The third kappa shape index (κ3) is 2.88. The van der Waals surface area contributed by atoms with Crippen molar-refractivity contribution in [2.75, 3.05) is 7.11 Å². The maximum absolute atomic E-state index is 12.8. The van der Waals surface area contributed by atoms with Crippen LogP contribution in [0.4, 0.5) is 0 Å². The minimum absolute atomic E-state index is 0.0308. The molecule has 0 aromatic rings. The van der Waals surface area contributed by atoms with Gasteiger partial charge in [0, 0.05) is 0 Å². The van der Waals surface area contributed by atoms with Gasteiger partial charge in [-0.1, -0.05) is 64.8 Å². The molecule has 0 aliphatic heterocycles. The monoisotopic (exact) mass is 468 g/mol.